The van der Waals surface area contributed by atoms with Gasteiger partial charge < -0.3 is 10.4 Å². The van der Waals surface area contributed by atoms with Gasteiger partial charge in [-0.1, -0.05) is 11.6 Å². The summed E-state index contributed by atoms with van der Waals surface area (Å²) in [4.78, 5) is 4.05. The number of aryl methyl sites for hydroxylation is 1. The Morgan fingerprint density at radius 2 is 2.18 bits per heavy atom. The topological polar surface area (TPSA) is 45.2 Å². The fraction of sp³-hybridized carbons (Fsp3) is 0.154. The Morgan fingerprint density at radius 1 is 1.35 bits per heavy atom. The average Bonchev–Trinajstić information content (AvgIpc) is 2.32. The number of rotatable bonds is 3. The molecule has 0 aliphatic carbocycles. The molecule has 0 unspecified atom stereocenters. The van der Waals surface area contributed by atoms with E-state index in [1.165, 1.54) is 0 Å². The molecule has 0 spiro atoms. The lowest BCUT2D eigenvalue weighted by molar-refractivity contribution is 0.469. The minimum Gasteiger partial charge on any atom is -0.508 e. The number of phenolic OH excluding ortho intramolecular Hbond substituents is 1. The first-order valence-electron chi connectivity index (χ1n) is 5.28. The van der Waals surface area contributed by atoms with Crippen LogP contribution in [0.25, 0.3) is 0 Å². The molecule has 0 saturated carbocycles. The Kier molecular flexibility index (Phi) is 3.49. The van der Waals surface area contributed by atoms with Crippen molar-refractivity contribution in [3.63, 3.8) is 0 Å². The standard InChI is InChI=1S/C13H13ClN2O/c1-9-4-5-15-8-12(9)16-7-10-6-11(14)2-3-13(10)17/h2-6,8,16-17H,7H2,1H3. The summed E-state index contributed by atoms with van der Waals surface area (Å²) in [5, 5.41) is 13.5. The second-order valence-corrected chi connectivity index (χ2v) is 4.25. The molecular weight excluding hydrogens is 236 g/mol. The third-order valence-corrected chi connectivity index (χ3v) is 2.79. The lowest BCUT2D eigenvalue weighted by Gasteiger charge is -2.10. The summed E-state index contributed by atoms with van der Waals surface area (Å²) in [6.45, 7) is 2.51. The van der Waals surface area contributed by atoms with E-state index in [4.69, 9.17) is 11.6 Å². The zero-order valence-corrected chi connectivity index (χ0v) is 10.2. The molecule has 2 rings (SSSR count). The third kappa shape index (κ3) is 2.88. The SMILES string of the molecule is Cc1ccncc1NCc1cc(Cl)ccc1O. The van der Waals surface area contributed by atoms with E-state index in [-0.39, 0.29) is 5.75 Å². The summed E-state index contributed by atoms with van der Waals surface area (Å²) in [5.74, 6) is 0.239. The van der Waals surface area contributed by atoms with Crippen molar-refractivity contribution in [1.82, 2.24) is 4.98 Å². The van der Waals surface area contributed by atoms with Crippen LogP contribution in [-0.2, 0) is 6.54 Å². The maximum Gasteiger partial charge on any atom is 0.120 e. The largest absolute Gasteiger partial charge is 0.508 e. The monoisotopic (exact) mass is 248 g/mol. The van der Waals surface area contributed by atoms with Gasteiger partial charge in [-0.2, -0.15) is 0 Å². The van der Waals surface area contributed by atoms with Gasteiger partial charge in [0.2, 0.25) is 0 Å². The number of nitrogens with zero attached hydrogens (tertiary/aromatic N) is 1. The number of nitrogens with one attached hydrogen (secondary N) is 1. The number of halogens is 1. The molecule has 0 saturated heterocycles. The van der Waals surface area contributed by atoms with Crippen LogP contribution in [-0.4, -0.2) is 10.1 Å². The van der Waals surface area contributed by atoms with Crippen LogP contribution in [0, 0.1) is 6.92 Å². The number of aromatic nitrogens is 1. The zero-order valence-electron chi connectivity index (χ0n) is 9.44. The summed E-state index contributed by atoms with van der Waals surface area (Å²) < 4.78 is 0. The van der Waals surface area contributed by atoms with Crippen molar-refractivity contribution >= 4 is 17.3 Å². The van der Waals surface area contributed by atoms with E-state index in [0.717, 1.165) is 16.8 Å². The van der Waals surface area contributed by atoms with E-state index in [1.807, 2.05) is 13.0 Å². The van der Waals surface area contributed by atoms with E-state index < -0.39 is 0 Å². The molecule has 0 aliphatic rings. The van der Waals surface area contributed by atoms with E-state index in [0.29, 0.717) is 11.6 Å². The van der Waals surface area contributed by atoms with Crippen LogP contribution in [0.5, 0.6) is 5.75 Å². The van der Waals surface area contributed by atoms with Crippen LogP contribution in [0.1, 0.15) is 11.1 Å². The van der Waals surface area contributed by atoms with Gasteiger partial charge in [0.1, 0.15) is 5.75 Å². The van der Waals surface area contributed by atoms with Gasteiger partial charge in [-0.3, -0.25) is 4.98 Å². The van der Waals surface area contributed by atoms with E-state index >= 15 is 0 Å². The van der Waals surface area contributed by atoms with Crippen LogP contribution in [0.2, 0.25) is 5.02 Å². The highest BCUT2D eigenvalue weighted by molar-refractivity contribution is 6.30. The van der Waals surface area contributed by atoms with Crippen LogP contribution in [0.15, 0.2) is 36.7 Å². The number of phenols is 1. The number of hydrogen-bond acceptors (Lipinski definition) is 3. The Bertz CT molecular complexity index is 529. The highest BCUT2D eigenvalue weighted by Crippen LogP contribution is 2.23. The molecule has 4 heteroatoms. The first-order chi connectivity index (χ1) is 8.16. The molecule has 0 aliphatic heterocycles. The van der Waals surface area contributed by atoms with Crippen molar-refractivity contribution in [3.8, 4) is 5.75 Å². The fourth-order valence-electron chi connectivity index (χ4n) is 1.54. The summed E-state index contributed by atoms with van der Waals surface area (Å²) in [6.07, 6.45) is 3.51. The van der Waals surface area contributed by atoms with Gasteiger partial charge in [-0.05, 0) is 36.8 Å². The number of pyridine rings is 1. The summed E-state index contributed by atoms with van der Waals surface area (Å²) in [6, 6.07) is 6.93. The Balaban J connectivity index is 2.12. The molecule has 2 aromatic rings. The molecule has 0 bridgehead atoms. The third-order valence-electron chi connectivity index (χ3n) is 2.55. The molecule has 17 heavy (non-hydrogen) atoms. The Morgan fingerprint density at radius 3 is 2.94 bits per heavy atom. The lowest BCUT2D eigenvalue weighted by atomic mass is 10.2. The van der Waals surface area contributed by atoms with Gasteiger partial charge in [0.15, 0.2) is 0 Å². The smallest absolute Gasteiger partial charge is 0.120 e. The highest BCUT2D eigenvalue weighted by atomic mass is 35.5. The van der Waals surface area contributed by atoms with Crippen molar-refractivity contribution in [2.75, 3.05) is 5.32 Å². The molecule has 0 radical (unpaired) electrons. The molecule has 88 valence electrons. The molecule has 0 amide bonds. The first kappa shape index (κ1) is 11.7. The minimum absolute atomic E-state index is 0.239. The summed E-state index contributed by atoms with van der Waals surface area (Å²) in [7, 11) is 0. The number of benzene rings is 1. The maximum atomic E-state index is 9.67. The molecule has 0 atom stereocenters. The number of anilines is 1. The quantitative estimate of drug-likeness (QED) is 0.876. The van der Waals surface area contributed by atoms with Crippen LogP contribution in [0.3, 0.4) is 0 Å². The molecule has 1 aromatic heterocycles. The van der Waals surface area contributed by atoms with Crippen LogP contribution < -0.4 is 5.32 Å². The van der Waals surface area contributed by atoms with Gasteiger partial charge in [-0.15, -0.1) is 0 Å². The van der Waals surface area contributed by atoms with Crippen molar-refractivity contribution in [2.24, 2.45) is 0 Å². The Labute approximate surface area is 105 Å². The van der Waals surface area contributed by atoms with Gasteiger partial charge in [0, 0.05) is 23.3 Å². The van der Waals surface area contributed by atoms with E-state index in [9.17, 15) is 5.11 Å². The number of hydrogen-bond donors (Lipinski definition) is 2. The fourth-order valence-corrected chi connectivity index (χ4v) is 1.73. The van der Waals surface area contributed by atoms with E-state index in [1.54, 1.807) is 30.6 Å². The van der Waals surface area contributed by atoms with Crippen molar-refractivity contribution in [2.45, 2.75) is 13.5 Å². The second kappa shape index (κ2) is 5.06. The normalized spacial score (nSPS) is 10.2. The summed E-state index contributed by atoms with van der Waals surface area (Å²) in [5.41, 5.74) is 2.83. The predicted molar refractivity (Wildman–Crippen MR) is 69.4 cm³/mol. The van der Waals surface area contributed by atoms with E-state index in [2.05, 4.69) is 10.3 Å². The van der Waals surface area contributed by atoms with Crippen molar-refractivity contribution in [1.29, 1.82) is 0 Å². The van der Waals surface area contributed by atoms with Gasteiger partial charge in [-0.25, -0.2) is 0 Å². The van der Waals surface area contributed by atoms with Crippen molar-refractivity contribution in [3.05, 3.63) is 52.8 Å². The molecule has 1 heterocycles. The average molecular weight is 249 g/mol. The molecule has 0 fully saturated rings. The molecular formula is C13H13ClN2O. The van der Waals surface area contributed by atoms with Gasteiger partial charge in [0.05, 0.1) is 11.9 Å². The van der Waals surface area contributed by atoms with Crippen LogP contribution in [0.4, 0.5) is 5.69 Å². The molecule has 3 nitrogen and oxygen atoms in total. The zero-order chi connectivity index (χ0) is 12.3. The molecule has 2 N–H and O–H groups in total. The first-order valence-corrected chi connectivity index (χ1v) is 5.66. The Hall–Kier alpha value is -1.74. The maximum absolute atomic E-state index is 9.67. The van der Waals surface area contributed by atoms with Crippen LogP contribution >= 0.6 is 11.6 Å². The van der Waals surface area contributed by atoms with Gasteiger partial charge in [0.25, 0.3) is 0 Å². The minimum atomic E-state index is 0.239. The molecule has 1 aromatic carbocycles. The summed E-state index contributed by atoms with van der Waals surface area (Å²) >= 11 is 5.88. The predicted octanol–water partition coefficient (Wildman–Crippen LogP) is 3.36. The number of aromatic hydroxyl groups is 1. The highest BCUT2D eigenvalue weighted by Gasteiger charge is 2.03. The second-order valence-electron chi connectivity index (χ2n) is 3.82. The van der Waals surface area contributed by atoms with Gasteiger partial charge >= 0.3 is 0 Å². The lowest BCUT2D eigenvalue weighted by Crippen LogP contribution is -2.01. The van der Waals surface area contributed by atoms with Crippen molar-refractivity contribution < 1.29 is 5.11 Å².